The van der Waals surface area contributed by atoms with Gasteiger partial charge in [-0.1, -0.05) is 16.8 Å². The van der Waals surface area contributed by atoms with Crippen LogP contribution < -0.4 is 5.73 Å². The Labute approximate surface area is 97.3 Å². The highest BCUT2D eigenvalue weighted by Gasteiger charge is 2.12. The van der Waals surface area contributed by atoms with Crippen molar-refractivity contribution in [3.05, 3.63) is 52.8 Å². The van der Waals surface area contributed by atoms with Crippen LogP contribution in [-0.4, -0.2) is 15.9 Å². The van der Waals surface area contributed by atoms with Gasteiger partial charge in [-0.05, 0) is 30.3 Å². The molecule has 2 aromatic rings. The van der Waals surface area contributed by atoms with Crippen LogP contribution in [-0.2, 0) is 0 Å². The molecule has 1 heterocycles. The molecule has 4 nitrogen and oxygen atoms in total. The number of nitrogens with two attached hydrogens (primary N) is 1. The van der Waals surface area contributed by atoms with Gasteiger partial charge in [0, 0.05) is 22.5 Å². The van der Waals surface area contributed by atoms with Crippen molar-refractivity contribution in [1.29, 1.82) is 0 Å². The maximum atomic E-state index is 9.04. The number of nitrogens with zero attached hydrogens (tertiary/aromatic N) is 1. The third kappa shape index (κ3) is 1.87. The van der Waals surface area contributed by atoms with Gasteiger partial charge in [-0.25, -0.2) is 0 Å². The molecule has 1 aromatic carbocycles. The molecule has 0 atom stereocenters. The topological polar surface area (TPSA) is 74.4 Å². The zero-order chi connectivity index (χ0) is 11.5. The molecule has 2 rings (SSSR count). The van der Waals surface area contributed by atoms with Gasteiger partial charge in [0.25, 0.3) is 0 Å². The summed E-state index contributed by atoms with van der Waals surface area (Å²) in [6.07, 6.45) is 1.74. The van der Waals surface area contributed by atoms with Gasteiger partial charge in [0.1, 0.15) is 5.71 Å². The largest absolute Gasteiger partial charge is 0.410 e. The van der Waals surface area contributed by atoms with Crippen LogP contribution in [0.5, 0.6) is 0 Å². The SMILES string of the molecule is Nc1ccc(Cl)cc1/C(=N/O)c1ccc[nH]1. The van der Waals surface area contributed by atoms with E-state index in [2.05, 4.69) is 10.1 Å². The molecule has 1 aromatic heterocycles. The highest BCUT2D eigenvalue weighted by atomic mass is 35.5. The van der Waals surface area contributed by atoms with Gasteiger partial charge in [0.05, 0.1) is 5.69 Å². The fourth-order valence-electron chi connectivity index (χ4n) is 1.46. The molecule has 4 N–H and O–H groups in total. The summed E-state index contributed by atoms with van der Waals surface area (Å²) in [6, 6.07) is 8.61. The van der Waals surface area contributed by atoms with Crippen LogP contribution in [0.15, 0.2) is 41.7 Å². The lowest BCUT2D eigenvalue weighted by Gasteiger charge is -2.06. The first kappa shape index (κ1) is 10.6. The standard InChI is InChI=1S/C11H10ClN3O/c12-7-3-4-9(13)8(6-7)11(15-16)10-2-1-5-14-10/h1-6,14,16H,13H2/b15-11-. The molecule has 0 aliphatic rings. The second-order valence-corrected chi connectivity index (χ2v) is 3.70. The lowest BCUT2D eigenvalue weighted by Crippen LogP contribution is -2.07. The molecule has 0 radical (unpaired) electrons. The summed E-state index contributed by atoms with van der Waals surface area (Å²) in [5.74, 6) is 0. The Morgan fingerprint density at radius 2 is 2.19 bits per heavy atom. The van der Waals surface area contributed by atoms with Crippen LogP contribution in [0.4, 0.5) is 5.69 Å². The summed E-state index contributed by atoms with van der Waals surface area (Å²) >= 11 is 5.88. The minimum absolute atomic E-state index is 0.366. The second-order valence-electron chi connectivity index (χ2n) is 3.26. The van der Waals surface area contributed by atoms with Crippen molar-refractivity contribution in [2.45, 2.75) is 0 Å². The minimum Gasteiger partial charge on any atom is -0.410 e. The molecule has 16 heavy (non-hydrogen) atoms. The number of nitrogen functional groups attached to an aromatic ring is 1. The predicted octanol–water partition coefficient (Wildman–Crippen LogP) is 2.48. The Hall–Kier alpha value is -1.94. The molecule has 0 aliphatic carbocycles. The van der Waals surface area contributed by atoms with Gasteiger partial charge < -0.3 is 15.9 Å². The van der Waals surface area contributed by atoms with E-state index in [1.54, 1.807) is 36.5 Å². The average molecular weight is 236 g/mol. The maximum absolute atomic E-state index is 9.04. The molecule has 0 unspecified atom stereocenters. The zero-order valence-electron chi connectivity index (χ0n) is 8.31. The number of benzene rings is 1. The molecular formula is C11H10ClN3O. The van der Waals surface area contributed by atoms with E-state index in [-0.39, 0.29) is 0 Å². The van der Waals surface area contributed by atoms with Gasteiger partial charge in [-0.2, -0.15) is 0 Å². The van der Waals surface area contributed by atoms with Crippen molar-refractivity contribution in [2.75, 3.05) is 5.73 Å². The molecule has 0 spiro atoms. The molecule has 0 fully saturated rings. The van der Waals surface area contributed by atoms with Crippen molar-refractivity contribution in [1.82, 2.24) is 4.98 Å². The molecule has 82 valence electrons. The Morgan fingerprint density at radius 1 is 1.38 bits per heavy atom. The zero-order valence-corrected chi connectivity index (χ0v) is 9.07. The number of aromatic nitrogens is 1. The summed E-state index contributed by atoms with van der Waals surface area (Å²) < 4.78 is 0. The molecule has 0 saturated heterocycles. The lowest BCUT2D eigenvalue weighted by atomic mass is 10.1. The first-order chi connectivity index (χ1) is 7.72. The Kier molecular flexibility index (Phi) is 2.83. The van der Waals surface area contributed by atoms with Gasteiger partial charge >= 0.3 is 0 Å². The number of hydrogen-bond donors (Lipinski definition) is 3. The van der Waals surface area contributed by atoms with E-state index in [1.165, 1.54) is 0 Å². The minimum atomic E-state index is 0.366. The summed E-state index contributed by atoms with van der Waals surface area (Å²) in [5.41, 5.74) is 7.95. The maximum Gasteiger partial charge on any atom is 0.135 e. The molecule has 0 saturated carbocycles. The van der Waals surface area contributed by atoms with E-state index in [1.807, 2.05) is 0 Å². The number of hydrogen-bond acceptors (Lipinski definition) is 3. The second kappa shape index (κ2) is 4.28. The summed E-state index contributed by atoms with van der Waals surface area (Å²) in [6.45, 7) is 0. The van der Waals surface area contributed by atoms with Crippen molar-refractivity contribution >= 4 is 23.0 Å². The number of rotatable bonds is 2. The lowest BCUT2D eigenvalue weighted by molar-refractivity contribution is 0.319. The van der Waals surface area contributed by atoms with Gasteiger partial charge in [-0.15, -0.1) is 0 Å². The summed E-state index contributed by atoms with van der Waals surface area (Å²) in [4.78, 5) is 2.94. The van der Waals surface area contributed by atoms with E-state index < -0.39 is 0 Å². The smallest absolute Gasteiger partial charge is 0.135 e. The van der Waals surface area contributed by atoms with Crippen molar-refractivity contribution in [3.63, 3.8) is 0 Å². The van der Waals surface area contributed by atoms with Crippen LogP contribution in [0.1, 0.15) is 11.3 Å². The number of halogens is 1. The van der Waals surface area contributed by atoms with Crippen LogP contribution in [0.2, 0.25) is 5.02 Å². The molecular weight excluding hydrogens is 226 g/mol. The fourth-order valence-corrected chi connectivity index (χ4v) is 1.64. The van der Waals surface area contributed by atoms with Gasteiger partial charge in [0.15, 0.2) is 0 Å². The third-order valence-electron chi connectivity index (χ3n) is 2.22. The first-order valence-corrected chi connectivity index (χ1v) is 5.01. The Bertz CT molecular complexity index is 520. The highest BCUT2D eigenvalue weighted by Crippen LogP contribution is 2.21. The van der Waals surface area contributed by atoms with Gasteiger partial charge in [0.2, 0.25) is 0 Å². The molecule has 5 heteroatoms. The number of oxime groups is 1. The average Bonchev–Trinajstić information content (AvgIpc) is 2.78. The van der Waals surface area contributed by atoms with Crippen LogP contribution in [0.25, 0.3) is 0 Å². The van der Waals surface area contributed by atoms with Crippen LogP contribution in [0.3, 0.4) is 0 Å². The molecule has 0 bridgehead atoms. The number of anilines is 1. The Morgan fingerprint density at radius 3 is 2.81 bits per heavy atom. The van der Waals surface area contributed by atoms with E-state index >= 15 is 0 Å². The van der Waals surface area contributed by atoms with Crippen LogP contribution >= 0.6 is 11.6 Å². The molecule has 0 aliphatic heterocycles. The van der Waals surface area contributed by atoms with Crippen molar-refractivity contribution in [2.24, 2.45) is 5.16 Å². The van der Waals surface area contributed by atoms with E-state index in [9.17, 15) is 0 Å². The summed E-state index contributed by atoms with van der Waals surface area (Å²) in [7, 11) is 0. The molecule has 0 amide bonds. The van der Waals surface area contributed by atoms with E-state index in [0.717, 1.165) is 0 Å². The Balaban J connectivity index is 2.54. The normalized spacial score (nSPS) is 11.7. The van der Waals surface area contributed by atoms with Crippen molar-refractivity contribution in [3.8, 4) is 0 Å². The number of H-pyrrole nitrogens is 1. The predicted molar refractivity (Wildman–Crippen MR) is 64.1 cm³/mol. The van der Waals surface area contributed by atoms with Crippen molar-refractivity contribution < 1.29 is 5.21 Å². The first-order valence-electron chi connectivity index (χ1n) is 4.63. The van der Waals surface area contributed by atoms with Gasteiger partial charge in [-0.3, -0.25) is 0 Å². The highest BCUT2D eigenvalue weighted by molar-refractivity contribution is 6.31. The third-order valence-corrected chi connectivity index (χ3v) is 2.46. The van der Waals surface area contributed by atoms with Crippen LogP contribution in [0, 0.1) is 0 Å². The number of aromatic amines is 1. The quantitative estimate of drug-likeness (QED) is 0.324. The van der Waals surface area contributed by atoms with E-state index in [0.29, 0.717) is 27.7 Å². The monoisotopic (exact) mass is 235 g/mol. The fraction of sp³-hybridized carbons (Fsp3) is 0. The summed E-state index contributed by atoms with van der Waals surface area (Å²) in [5, 5.41) is 12.8. The van der Waals surface area contributed by atoms with E-state index in [4.69, 9.17) is 22.5 Å². The number of nitrogens with one attached hydrogen (secondary N) is 1.